The van der Waals surface area contributed by atoms with Gasteiger partial charge in [0.05, 0.1) is 6.10 Å². The smallest absolute Gasteiger partial charge is 0.0685 e. The molecule has 3 unspecified atom stereocenters. The van der Waals surface area contributed by atoms with Crippen LogP contribution in [0.2, 0.25) is 0 Å². The first-order valence-corrected chi connectivity index (χ1v) is 7.16. The van der Waals surface area contributed by atoms with E-state index in [-0.39, 0.29) is 0 Å². The van der Waals surface area contributed by atoms with E-state index in [9.17, 15) is 0 Å². The molecule has 1 heterocycles. The third kappa shape index (κ3) is 2.02. The van der Waals surface area contributed by atoms with Gasteiger partial charge in [0.25, 0.3) is 0 Å². The molecular weight excluding hydrogens is 212 g/mol. The molecule has 0 radical (unpaired) electrons. The minimum absolute atomic E-state index is 0.333. The summed E-state index contributed by atoms with van der Waals surface area (Å²) in [6.07, 6.45) is 4.58. The second kappa shape index (κ2) is 4.22. The fraction of sp³-hybridized carbons (Fsp3) is 1.00. The highest BCUT2D eigenvalue weighted by Gasteiger charge is 2.58. The molecule has 1 N–H and O–H groups in total. The molecule has 3 rings (SSSR count). The maximum absolute atomic E-state index is 5.82. The second-order valence-electron chi connectivity index (χ2n) is 6.71. The normalized spacial score (nSPS) is 39.2. The fourth-order valence-electron chi connectivity index (χ4n) is 3.83. The predicted molar refractivity (Wildman–Crippen MR) is 69.1 cm³/mol. The topological polar surface area (TPSA) is 24.5 Å². The molecule has 3 aliphatic rings. The summed E-state index contributed by atoms with van der Waals surface area (Å²) < 4.78 is 5.82. The number of ether oxygens (including phenoxy) is 1. The average molecular weight is 238 g/mol. The van der Waals surface area contributed by atoms with E-state index in [0.29, 0.717) is 17.6 Å². The van der Waals surface area contributed by atoms with Crippen LogP contribution in [0, 0.1) is 11.3 Å². The molecule has 3 heteroatoms. The zero-order chi connectivity index (χ0) is 12.0. The summed E-state index contributed by atoms with van der Waals surface area (Å²) in [6.45, 7) is 7.99. The monoisotopic (exact) mass is 238 g/mol. The number of nitrogens with one attached hydrogen (secondary N) is 1. The number of hydrogen-bond donors (Lipinski definition) is 1. The minimum atomic E-state index is 0.333. The van der Waals surface area contributed by atoms with Gasteiger partial charge >= 0.3 is 0 Å². The van der Waals surface area contributed by atoms with Gasteiger partial charge in [-0.1, -0.05) is 13.8 Å². The van der Waals surface area contributed by atoms with Gasteiger partial charge in [-0.05, 0) is 26.3 Å². The first kappa shape index (κ1) is 11.9. The molecule has 2 aliphatic carbocycles. The van der Waals surface area contributed by atoms with Crippen molar-refractivity contribution in [3.05, 3.63) is 0 Å². The van der Waals surface area contributed by atoms with Crippen LogP contribution >= 0.6 is 0 Å². The van der Waals surface area contributed by atoms with Gasteiger partial charge in [-0.3, -0.25) is 0 Å². The third-order valence-corrected chi connectivity index (χ3v) is 5.10. The number of nitrogens with zero attached hydrogens (tertiary/aromatic N) is 1. The van der Waals surface area contributed by atoms with E-state index in [2.05, 4.69) is 31.1 Å². The third-order valence-electron chi connectivity index (χ3n) is 5.10. The second-order valence-corrected chi connectivity index (χ2v) is 6.71. The van der Waals surface area contributed by atoms with Gasteiger partial charge < -0.3 is 15.0 Å². The summed E-state index contributed by atoms with van der Waals surface area (Å²) in [5, 5.41) is 3.77. The van der Waals surface area contributed by atoms with Crippen molar-refractivity contribution in [2.24, 2.45) is 11.3 Å². The van der Waals surface area contributed by atoms with Crippen molar-refractivity contribution < 1.29 is 4.74 Å². The molecule has 0 bridgehead atoms. The van der Waals surface area contributed by atoms with Crippen molar-refractivity contribution in [2.45, 2.75) is 51.3 Å². The first-order chi connectivity index (χ1) is 8.10. The zero-order valence-corrected chi connectivity index (χ0v) is 11.4. The molecule has 3 atom stereocenters. The van der Waals surface area contributed by atoms with Crippen LogP contribution < -0.4 is 5.32 Å². The van der Waals surface area contributed by atoms with Crippen molar-refractivity contribution in [1.82, 2.24) is 10.2 Å². The van der Waals surface area contributed by atoms with Crippen LogP contribution in [0.3, 0.4) is 0 Å². The molecule has 3 nitrogen and oxygen atoms in total. The minimum Gasteiger partial charge on any atom is -0.377 e. The van der Waals surface area contributed by atoms with Crippen LogP contribution in [0.5, 0.6) is 0 Å². The molecule has 98 valence electrons. The Labute approximate surface area is 105 Å². The summed E-state index contributed by atoms with van der Waals surface area (Å²) in [6, 6.07) is 1.55. The van der Waals surface area contributed by atoms with E-state index in [0.717, 1.165) is 25.1 Å². The molecule has 0 amide bonds. The van der Waals surface area contributed by atoms with Crippen LogP contribution in [-0.2, 0) is 4.74 Å². The molecule has 2 saturated carbocycles. The van der Waals surface area contributed by atoms with Crippen molar-refractivity contribution >= 4 is 0 Å². The quantitative estimate of drug-likeness (QED) is 0.785. The Bertz CT molecular complexity index is 288. The van der Waals surface area contributed by atoms with E-state index in [1.165, 1.54) is 25.8 Å². The van der Waals surface area contributed by atoms with Crippen LogP contribution in [-0.4, -0.2) is 49.8 Å². The number of hydrogen-bond acceptors (Lipinski definition) is 3. The van der Waals surface area contributed by atoms with Gasteiger partial charge in [0, 0.05) is 43.1 Å². The summed E-state index contributed by atoms with van der Waals surface area (Å²) in [7, 11) is 2.26. The lowest BCUT2D eigenvalue weighted by molar-refractivity contribution is -0.112. The SMILES string of the molecule is CN(CCNC1C2CCOC2C1(C)C)C1CC1. The fourth-order valence-corrected chi connectivity index (χ4v) is 3.83. The van der Waals surface area contributed by atoms with Crippen LogP contribution in [0.15, 0.2) is 0 Å². The Morgan fingerprint density at radius 2 is 2.06 bits per heavy atom. The highest BCUT2D eigenvalue weighted by molar-refractivity contribution is 5.11. The van der Waals surface area contributed by atoms with E-state index in [4.69, 9.17) is 4.74 Å². The number of fused-ring (bicyclic) bond motifs is 1. The van der Waals surface area contributed by atoms with Gasteiger partial charge in [-0.25, -0.2) is 0 Å². The molecule has 1 saturated heterocycles. The number of rotatable bonds is 5. The standard InChI is InChI=1S/C14H26N2O/c1-14(2)12(11-6-9-17-13(11)14)15-7-8-16(3)10-4-5-10/h10-13,15H,4-9H2,1-3H3. The average Bonchev–Trinajstić information content (AvgIpc) is 3.03. The van der Waals surface area contributed by atoms with E-state index >= 15 is 0 Å². The van der Waals surface area contributed by atoms with Gasteiger partial charge in [-0.15, -0.1) is 0 Å². The van der Waals surface area contributed by atoms with E-state index in [1.807, 2.05) is 0 Å². The van der Waals surface area contributed by atoms with Crippen molar-refractivity contribution in [3.63, 3.8) is 0 Å². The molecule has 0 spiro atoms. The van der Waals surface area contributed by atoms with Gasteiger partial charge in [-0.2, -0.15) is 0 Å². The molecule has 0 aromatic carbocycles. The molecular formula is C14H26N2O. The Morgan fingerprint density at radius 3 is 2.76 bits per heavy atom. The Hall–Kier alpha value is -0.120. The van der Waals surface area contributed by atoms with Crippen molar-refractivity contribution in [1.29, 1.82) is 0 Å². The Balaban J connectivity index is 1.45. The molecule has 1 aliphatic heterocycles. The molecule has 3 fully saturated rings. The summed E-state index contributed by atoms with van der Waals surface area (Å²) in [4.78, 5) is 2.50. The van der Waals surface area contributed by atoms with Crippen molar-refractivity contribution in [2.75, 3.05) is 26.7 Å². The van der Waals surface area contributed by atoms with E-state index in [1.54, 1.807) is 0 Å². The van der Waals surface area contributed by atoms with Crippen LogP contribution in [0.1, 0.15) is 33.1 Å². The summed E-state index contributed by atoms with van der Waals surface area (Å²) in [5.74, 6) is 0.774. The van der Waals surface area contributed by atoms with Gasteiger partial charge in [0.2, 0.25) is 0 Å². The maximum atomic E-state index is 5.82. The van der Waals surface area contributed by atoms with Gasteiger partial charge in [0.1, 0.15) is 0 Å². The molecule has 0 aromatic heterocycles. The predicted octanol–water partition coefficient (Wildman–Crippen LogP) is 1.48. The van der Waals surface area contributed by atoms with Crippen LogP contribution in [0.4, 0.5) is 0 Å². The lowest BCUT2D eigenvalue weighted by Crippen LogP contribution is -2.66. The van der Waals surface area contributed by atoms with Crippen molar-refractivity contribution in [3.8, 4) is 0 Å². The Morgan fingerprint density at radius 1 is 1.29 bits per heavy atom. The molecule has 17 heavy (non-hydrogen) atoms. The summed E-state index contributed by atoms with van der Waals surface area (Å²) in [5.41, 5.74) is 0.333. The molecule has 0 aromatic rings. The van der Waals surface area contributed by atoms with E-state index < -0.39 is 0 Å². The van der Waals surface area contributed by atoms with Crippen LogP contribution in [0.25, 0.3) is 0 Å². The first-order valence-electron chi connectivity index (χ1n) is 7.16. The maximum Gasteiger partial charge on any atom is 0.0685 e. The largest absolute Gasteiger partial charge is 0.377 e. The Kier molecular flexibility index (Phi) is 2.96. The number of likely N-dealkylation sites (N-methyl/N-ethyl adjacent to an activating group) is 1. The lowest BCUT2D eigenvalue weighted by atomic mass is 9.57. The highest BCUT2D eigenvalue weighted by atomic mass is 16.5. The zero-order valence-electron chi connectivity index (χ0n) is 11.4. The summed E-state index contributed by atoms with van der Waals surface area (Å²) >= 11 is 0. The van der Waals surface area contributed by atoms with Gasteiger partial charge in [0.15, 0.2) is 0 Å². The lowest BCUT2D eigenvalue weighted by Gasteiger charge is -2.55. The highest BCUT2D eigenvalue weighted by Crippen LogP contribution is 2.51.